The number of hydrogen-bond acceptors (Lipinski definition) is 3. The van der Waals surface area contributed by atoms with E-state index in [0.29, 0.717) is 12.3 Å². The van der Waals surface area contributed by atoms with Gasteiger partial charge >= 0.3 is 5.97 Å². The average Bonchev–Trinajstić information content (AvgIpc) is 2.65. The number of aromatic amines is 1. The minimum Gasteiger partial charge on any atom is -0.408 e. The first kappa shape index (κ1) is 11.8. The van der Waals surface area contributed by atoms with Gasteiger partial charge in [-0.2, -0.15) is 5.10 Å². The van der Waals surface area contributed by atoms with Gasteiger partial charge in [0.1, 0.15) is 0 Å². The van der Waals surface area contributed by atoms with Crippen LogP contribution in [-0.4, -0.2) is 16.2 Å². The molecule has 0 saturated heterocycles. The number of hydrogen-bond donors (Lipinski definition) is 1. The van der Waals surface area contributed by atoms with Gasteiger partial charge < -0.3 is 4.74 Å². The van der Waals surface area contributed by atoms with Crippen LogP contribution in [0, 0.1) is 0 Å². The Morgan fingerprint density at radius 1 is 1.47 bits per heavy atom. The fourth-order valence-corrected chi connectivity index (χ4v) is 1.32. The minimum atomic E-state index is -0.178. The van der Waals surface area contributed by atoms with Gasteiger partial charge in [-0.3, -0.25) is 4.79 Å². The van der Waals surface area contributed by atoms with E-state index in [2.05, 4.69) is 17.1 Å². The molecule has 0 aromatic carbocycles. The van der Waals surface area contributed by atoms with Crippen molar-refractivity contribution in [3.63, 3.8) is 0 Å². The predicted octanol–water partition coefficient (Wildman–Crippen LogP) is 2.46. The van der Waals surface area contributed by atoms with Crippen molar-refractivity contribution in [2.75, 3.05) is 0 Å². The summed E-state index contributed by atoms with van der Waals surface area (Å²) in [6.45, 7) is 4.11. The van der Waals surface area contributed by atoms with Gasteiger partial charge in [0.2, 0.25) is 5.88 Å². The zero-order valence-electron chi connectivity index (χ0n) is 9.38. The first-order valence-electron chi connectivity index (χ1n) is 5.50. The van der Waals surface area contributed by atoms with Gasteiger partial charge in [-0.05, 0) is 12.8 Å². The summed E-state index contributed by atoms with van der Waals surface area (Å²) >= 11 is 0. The van der Waals surface area contributed by atoms with E-state index in [-0.39, 0.29) is 5.97 Å². The Bertz CT molecular complexity index is 307. The van der Waals surface area contributed by atoms with Crippen LogP contribution < -0.4 is 4.74 Å². The lowest BCUT2D eigenvalue weighted by molar-refractivity contribution is -0.134. The van der Waals surface area contributed by atoms with Gasteiger partial charge in [0.25, 0.3) is 0 Å². The van der Waals surface area contributed by atoms with Crippen molar-refractivity contribution in [2.45, 2.75) is 46.0 Å². The topological polar surface area (TPSA) is 55.0 Å². The van der Waals surface area contributed by atoms with Crippen LogP contribution in [-0.2, 0) is 11.2 Å². The number of aromatic nitrogens is 2. The lowest BCUT2D eigenvalue weighted by Gasteiger charge is -2.02. The first-order valence-corrected chi connectivity index (χ1v) is 5.50. The van der Waals surface area contributed by atoms with E-state index >= 15 is 0 Å². The maximum Gasteiger partial charge on any atom is 0.312 e. The van der Waals surface area contributed by atoms with Crippen molar-refractivity contribution in [3.8, 4) is 5.88 Å². The predicted molar refractivity (Wildman–Crippen MR) is 57.7 cm³/mol. The molecule has 0 radical (unpaired) electrons. The van der Waals surface area contributed by atoms with Crippen molar-refractivity contribution in [1.82, 2.24) is 10.2 Å². The zero-order chi connectivity index (χ0) is 11.1. The zero-order valence-corrected chi connectivity index (χ0v) is 9.38. The van der Waals surface area contributed by atoms with Crippen LogP contribution in [0.5, 0.6) is 5.88 Å². The average molecular weight is 210 g/mol. The van der Waals surface area contributed by atoms with E-state index < -0.39 is 0 Å². The molecule has 1 heterocycles. The third kappa shape index (κ3) is 3.73. The summed E-state index contributed by atoms with van der Waals surface area (Å²) in [6, 6.07) is 0. The second kappa shape index (κ2) is 6.22. The fourth-order valence-electron chi connectivity index (χ4n) is 1.32. The van der Waals surface area contributed by atoms with Gasteiger partial charge in [-0.1, -0.05) is 26.7 Å². The molecule has 0 spiro atoms. The minimum absolute atomic E-state index is 0.178. The Labute approximate surface area is 90.0 Å². The highest BCUT2D eigenvalue weighted by Gasteiger charge is 2.09. The Hall–Kier alpha value is -1.32. The van der Waals surface area contributed by atoms with Crippen LogP contribution in [0.25, 0.3) is 0 Å². The summed E-state index contributed by atoms with van der Waals surface area (Å²) in [5.74, 6) is 0.321. The molecule has 1 N–H and O–H groups in total. The van der Waals surface area contributed by atoms with Crippen LogP contribution in [0.3, 0.4) is 0 Å². The van der Waals surface area contributed by atoms with Crippen LogP contribution in [0.2, 0.25) is 0 Å². The number of nitrogens with zero attached hydrogens (tertiary/aromatic N) is 1. The third-order valence-electron chi connectivity index (χ3n) is 2.26. The molecule has 84 valence electrons. The second-order valence-corrected chi connectivity index (χ2v) is 3.51. The fraction of sp³-hybridized carbons (Fsp3) is 0.636. The normalized spacial score (nSPS) is 10.3. The number of unbranched alkanes of at least 4 members (excludes halogenated alkanes) is 2. The molecule has 0 aliphatic rings. The lowest BCUT2D eigenvalue weighted by Crippen LogP contribution is -2.08. The molecule has 1 aromatic rings. The maximum atomic E-state index is 11.4. The molecule has 0 saturated carbocycles. The summed E-state index contributed by atoms with van der Waals surface area (Å²) < 4.78 is 5.17. The Morgan fingerprint density at radius 2 is 2.27 bits per heavy atom. The van der Waals surface area contributed by atoms with Crippen molar-refractivity contribution in [2.24, 2.45) is 0 Å². The summed E-state index contributed by atoms with van der Waals surface area (Å²) in [6.07, 6.45) is 6.06. The highest BCUT2D eigenvalue weighted by molar-refractivity contribution is 5.72. The number of aryl methyl sites for hydroxylation is 1. The van der Waals surface area contributed by atoms with Crippen LogP contribution in [0.1, 0.15) is 45.1 Å². The molecule has 0 aliphatic heterocycles. The van der Waals surface area contributed by atoms with E-state index in [1.165, 1.54) is 0 Å². The quantitative estimate of drug-likeness (QED) is 0.579. The molecular weight excluding hydrogens is 192 g/mol. The van der Waals surface area contributed by atoms with Gasteiger partial charge in [0.15, 0.2) is 0 Å². The standard InChI is InChI=1S/C11H18N2O2/c1-3-5-6-7-10(14)15-11-9(4-2)8-12-13-11/h8H,3-7H2,1-2H3,(H,12,13). The molecule has 0 atom stereocenters. The molecule has 4 heteroatoms. The number of rotatable bonds is 6. The molecular formula is C11H18N2O2. The summed E-state index contributed by atoms with van der Waals surface area (Å²) in [7, 11) is 0. The molecule has 4 nitrogen and oxygen atoms in total. The molecule has 0 aliphatic carbocycles. The van der Waals surface area contributed by atoms with E-state index in [9.17, 15) is 4.79 Å². The molecule has 0 unspecified atom stereocenters. The molecule has 1 rings (SSSR count). The summed E-state index contributed by atoms with van der Waals surface area (Å²) in [5, 5.41) is 6.53. The van der Waals surface area contributed by atoms with E-state index in [1.807, 2.05) is 6.92 Å². The van der Waals surface area contributed by atoms with E-state index in [1.54, 1.807) is 6.20 Å². The summed E-state index contributed by atoms with van der Waals surface area (Å²) in [4.78, 5) is 11.4. The number of nitrogens with one attached hydrogen (secondary N) is 1. The Morgan fingerprint density at radius 3 is 2.93 bits per heavy atom. The highest BCUT2D eigenvalue weighted by atomic mass is 16.5. The second-order valence-electron chi connectivity index (χ2n) is 3.51. The van der Waals surface area contributed by atoms with Crippen LogP contribution in [0.15, 0.2) is 6.20 Å². The van der Waals surface area contributed by atoms with Crippen LogP contribution in [0.4, 0.5) is 0 Å². The molecule has 0 amide bonds. The molecule has 1 aromatic heterocycles. The number of ether oxygens (including phenoxy) is 1. The van der Waals surface area contributed by atoms with E-state index in [0.717, 1.165) is 31.2 Å². The molecule has 0 bridgehead atoms. The van der Waals surface area contributed by atoms with Crippen LogP contribution >= 0.6 is 0 Å². The maximum absolute atomic E-state index is 11.4. The third-order valence-corrected chi connectivity index (χ3v) is 2.26. The Kier molecular flexibility index (Phi) is 4.87. The number of H-pyrrole nitrogens is 1. The van der Waals surface area contributed by atoms with Crippen molar-refractivity contribution in [3.05, 3.63) is 11.8 Å². The monoisotopic (exact) mass is 210 g/mol. The van der Waals surface area contributed by atoms with E-state index in [4.69, 9.17) is 4.74 Å². The molecule has 15 heavy (non-hydrogen) atoms. The number of carbonyl (C=O) groups excluding carboxylic acids is 1. The summed E-state index contributed by atoms with van der Waals surface area (Å²) in [5.41, 5.74) is 0.943. The SMILES string of the molecule is CCCCCC(=O)Oc1[nH]ncc1CC. The first-order chi connectivity index (χ1) is 7.27. The van der Waals surface area contributed by atoms with Gasteiger partial charge in [-0.15, -0.1) is 0 Å². The van der Waals surface area contributed by atoms with Gasteiger partial charge in [0, 0.05) is 12.0 Å². The number of carbonyl (C=O) groups is 1. The van der Waals surface area contributed by atoms with Crippen molar-refractivity contribution >= 4 is 5.97 Å². The smallest absolute Gasteiger partial charge is 0.312 e. The number of esters is 1. The lowest BCUT2D eigenvalue weighted by atomic mass is 10.2. The largest absolute Gasteiger partial charge is 0.408 e. The van der Waals surface area contributed by atoms with Gasteiger partial charge in [-0.25, -0.2) is 5.10 Å². The Balaban J connectivity index is 2.37. The molecule has 0 fully saturated rings. The van der Waals surface area contributed by atoms with Crippen molar-refractivity contribution in [1.29, 1.82) is 0 Å². The van der Waals surface area contributed by atoms with Gasteiger partial charge in [0.05, 0.1) is 6.20 Å². The van der Waals surface area contributed by atoms with Crippen molar-refractivity contribution < 1.29 is 9.53 Å². The highest BCUT2D eigenvalue weighted by Crippen LogP contribution is 2.15.